The van der Waals surface area contributed by atoms with Crippen molar-refractivity contribution in [1.82, 2.24) is 0 Å². The van der Waals surface area contributed by atoms with Crippen LogP contribution in [0, 0.1) is 5.41 Å². The molecule has 0 aliphatic heterocycles. The molecule has 0 aromatic heterocycles. The van der Waals surface area contributed by atoms with Crippen molar-refractivity contribution >= 4 is 0 Å². The van der Waals surface area contributed by atoms with Gasteiger partial charge in [0, 0.05) is 0 Å². The molecule has 0 aromatic carbocycles. The maximum Gasteiger partial charge on any atom is 0.288 e. The summed E-state index contributed by atoms with van der Waals surface area (Å²) in [4.78, 5) is 0. The van der Waals surface area contributed by atoms with Crippen LogP contribution in [0.25, 0.3) is 0 Å². The Labute approximate surface area is 177 Å². The molecular formula is C25H52O3. The Morgan fingerprint density at radius 2 is 0.857 bits per heavy atom. The predicted octanol–water partition coefficient (Wildman–Crippen LogP) is 8.26. The molecule has 0 aromatic rings. The van der Waals surface area contributed by atoms with Crippen LogP contribution in [0.5, 0.6) is 0 Å². The molecule has 170 valence electrons. The van der Waals surface area contributed by atoms with Crippen LogP contribution in [0.2, 0.25) is 0 Å². The highest BCUT2D eigenvalue weighted by Crippen LogP contribution is 2.49. The van der Waals surface area contributed by atoms with Crippen molar-refractivity contribution in [2.75, 3.05) is 19.8 Å². The van der Waals surface area contributed by atoms with Gasteiger partial charge in [0.1, 0.15) is 0 Å². The van der Waals surface area contributed by atoms with Crippen molar-refractivity contribution < 1.29 is 14.2 Å². The van der Waals surface area contributed by atoms with E-state index in [9.17, 15) is 0 Å². The molecule has 0 saturated carbocycles. The third-order valence-electron chi connectivity index (χ3n) is 5.60. The predicted molar refractivity (Wildman–Crippen MR) is 122 cm³/mol. The Bertz CT molecular complexity index is 302. The van der Waals surface area contributed by atoms with Gasteiger partial charge in [-0.05, 0) is 38.5 Å². The lowest BCUT2D eigenvalue weighted by Crippen LogP contribution is -2.55. The Morgan fingerprint density at radius 3 is 1.25 bits per heavy atom. The Hall–Kier alpha value is -0.120. The lowest BCUT2D eigenvalue weighted by molar-refractivity contribution is -0.435. The van der Waals surface area contributed by atoms with E-state index >= 15 is 0 Å². The van der Waals surface area contributed by atoms with E-state index in [0.29, 0.717) is 19.8 Å². The Kier molecular flexibility index (Phi) is 17.6. The van der Waals surface area contributed by atoms with Gasteiger partial charge in [-0.2, -0.15) is 0 Å². The fourth-order valence-electron chi connectivity index (χ4n) is 4.33. The molecule has 0 heterocycles. The summed E-state index contributed by atoms with van der Waals surface area (Å²) < 4.78 is 19.5. The second kappa shape index (κ2) is 17.7. The first-order valence-corrected chi connectivity index (χ1v) is 12.5. The van der Waals surface area contributed by atoms with Crippen LogP contribution >= 0.6 is 0 Å². The minimum absolute atomic E-state index is 0.0548. The molecule has 0 aliphatic rings. The van der Waals surface area contributed by atoms with Crippen molar-refractivity contribution in [2.24, 2.45) is 5.41 Å². The van der Waals surface area contributed by atoms with E-state index < -0.39 is 5.97 Å². The zero-order valence-electron chi connectivity index (χ0n) is 20.2. The van der Waals surface area contributed by atoms with Crippen LogP contribution < -0.4 is 0 Å². The van der Waals surface area contributed by atoms with Gasteiger partial charge in [0.05, 0.1) is 25.2 Å². The van der Waals surface area contributed by atoms with Gasteiger partial charge >= 0.3 is 0 Å². The fraction of sp³-hybridized carbons (Fsp3) is 1.00. The Morgan fingerprint density at radius 1 is 0.429 bits per heavy atom. The summed E-state index contributed by atoms with van der Waals surface area (Å²) >= 11 is 0. The summed E-state index contributed by atoms with van der Waals surface area (Å²) in [5, 5.41) is 0. The quantitative estimate of drug-likeness (QED) is 0.143. The molecule has 0 bridgehead atoms. The molecule has 0 amide bonds. The van der Waals surface area contributed by atoms with Gasteiger partial charge in [0.2, 0.25) is 0 Å². The smallest absolute Gasteiger partial charge is 0.288 e. The highest BCUT2D eigenvalue weighted by atomic mass is 16.9. The summed E-state index contributed by atoms with van der Waals surface area (Å²) in [6.07, 6.45) is 16.5. The van der Waals surface area contributed by atoms with Crippen LogP contribution in [0.4, 0.5) is 0 Å². The van der Waals surface area contributed by atoms with Crippen LogP contribution in [0.15, 0.2) is 0 Å². The summed E-state index contributed by atoms with van der Waals surface area (Å²) in [5.74, 6) is -0.884. The molecule has 3 nitrogen and oxygen atoms in total. The molecule has 0 unspecified atom stereocenters. The van der Waals surface area contributed by atoms with Gasteiger partial charge in [-0.25, -0.2) is 0 Å². The van der Waals surface area contributed by atoms with Gasteiger partial charge in [-0.15, -0.1) is 0 Å². The van der Waals surface area contributed by atoms with Crippen molar-refractivity contribution in [1.29, 1.82) is 0 Å². The summed E-state index contributed by atoms with van der Waals surface area (Å²) in [6.45, 7) is 15.4. The van der Waals surface area contributed by atoms with E-state index in [2.05, 4.69) is 41.5 Å². The molecular weight excluding hydrogens is 348 g/mol. The highest BCUT2D eigenvalue weighted by molar-refractivity contribution is 4.89. The first-order valence-electron chi connectivity index (χ1n) is 12.5. The molecule has 28 heavy (non-hydrogen) atoms. The standard InChI is InChI=1S/C25H52O3/c1-7-13-14-15-16-17-20-24(18-8-2,19-9-3)25(26-21-10-4,27-22-11-5)28-23-12-6/h7-23H2,1-6H3. The van der Waals surface area contributed by atoms with Gasteiger partial charge in [0.15, 0.2) is 0 Å². The highest BCUT2D eigenvalue weighted by Gasteiger charge is 2.53. The van der Waals surface area contributed by atoms with Gasteiger partial charge in [0.25, 0.3) is 5.97 Å². The van der Waals surface area contributed by atoms with E-state index in [1.165, 1.54) is 38.5 Å². The molecule has 0 spiro atoms. The van der Waals surface area contributed by atoms with Gasteiger partial charge in [-0.3, -0.25) is 0 Å². The minimum Gasteiger partial charge on any atom is -0.327 e. The van der Waals surface area contributed by atoms with E-state index in [1.807, 2.05) is 0 Å². The number of hydrogen-bond acceptors (Lipinski definition) is 3. The van der Waals surface area contributed by atoms with Gasteiger partial charge < -0.3 is 14.2 Å². The van der Waals surface area contributed by atoms with E-state index in [0.717, 1.165) is 51.4 Å². The number of ether oxygens (including phenoxy) is 3. The molecule has 0 atom stereocenters. The average Bonchev–Trinajstić information content (AvgIpc) is 2.70. The normalized spacial score (nSPS) is 12.6. The molecule has 0 aliphatic carbocycles. The largest absolute Gasteiger partial charge is 0.327 e. The van der Waals surface area contributed by atoms with Crippen molar-refractivity contribution in [2.45, 2.75) is 137 Å². The van der Waals surface area contributed by atoms with Gasteiger partial charge in [-0.1, -0.05) is 92.9 Å². The summed E-state index contributed by atoms with van der Waals surface area (Å²) in [6, 6.07) is 0. The number of unbranched alkanes of at least 4 members (excludes halogenated alkanes) is 5. The van der Waals surface area contributed by atoms with Crippen LogP contribution in [-0.2, 0) is 14.2 Å². The zero-order valence-corrected chi connectivity index (χ0v) is 20.2. The SMILES string of the molecule is CCCCCCCCC(CCC)(CCC)C(OCCC)(OCCC)OCCC. The Balaban J connectivity index is 5.59. The zero-order chi connectivity index (χ0) is 21.1. The van der Waals surface area contributed by atoms with Crippen molar-refractivity contribution in [3.63, 3.8) is 0 Å². The third-order valence-corrected chi connectivity index (χ3v) is 5.60. The van der Waals surface area contributed by atoms with E-state index in [1.54, 1.807) is 0 Å². The van der Waals surface area contributed by atoms with Crippen LogP contribution in [0.1, 0.15) is 131 Å². The number of hydrogen-bond donors (Lipinski definition) is 0. The topological polar surface area (TPSA) is 27.7 Å². The average molecular weight is 401 g/mol. The molecule has 0 fully saturated rings. The monoisotopic (exact) mass is 400 g/mol. The van der Waals surface area contributed by atoms with Crippen LogP contribution in [0.3, 0.4) is 0 Å². The van der Waals surface area contributed by atoms with Crippen molar-refractivity contribution in [3.8, 4) is 0 Å². The molecule has 3 heteroatoms. The first kappa shape index (κ1) is 27.9. The van der Waals surface area contributed by atoms with Crippen molar-refractivity contribution in [3.05, 3.63) is 0 Å². The molecule has 0 rings (SSSR count). The first-order chi connectivity index (χ1) is 13.6. The second-order valence-electron chi connectivity index (χ2n) is 8.40. The minimum atomic E-state index is -0.884. The second-order valence-corrected chi connectivity index (χ2v) is 8.40. The number of rotatable bonds is 21. The van der Waals surface area contributed by atoms with E-state index in [-0.39, 0.29) is 5.41 Å². The van der Waals surface area contributed by atoms with Crippen LogP contribution in [-0.4, -0.2) is 25.8 Å². The molecule has 0 radical (unpaired) electrons. The maximum absolute atomic E-state index is 6.50. The lowest BCUT2D eigenvalue weighted by atomic mass is 9.72. The fourth-order valence-corrected chi connectivity index (χ4v) is 4.33. The van der Waals surface area contributed by atoms with E-state index in [4.69, 9.17) is 14.2 Å². The third kappa shape index (κ3) is 9.59. The molecule has 0 saturated heterocycles. The lowest BCUT2D eigenvalue weighted by Gasteiger charge is -2.49. The maximum atomic E-state index is 6.50. The summed E-state index contributed by atoms with van der Waals surface area (Å²) in [7, 11) is 0. The summed E-state index contributed by atoms with van der Waals surface area (Å²) in [5.41, 5.74) is -0.0548. The molecule has 0 N–H and O–H groups in total.